The van der Waals surface area contributed by atoms with Gasteiger partial charge in [-0.25, -0.2) is 13.1 Å². The number of nitrogens with one attached hydrogen (secondary N) is 2. The molecule has 0 fully saturated rings. The highest BCUT2D eigenvalue weighted by atomic mass is 32.2. The maximum absolute atomic E-state index is 12.0. The van der Waals surface area contributed by atoms with Crippen molar-refractivity contribution in [1.29, 1.82) is 0 Å². The zero-order chi connectivity index (χ0) is 15.7. The second-order valence-electron chi connectivity index (χ2n) is 4.65. The molecule has 0 aromatic heterocycles. The van der Waals surface area contributed by atoms with Crippen molar-refractivity contribution < 1.29 is 12.6 Å². The first-order valence-electron chi connectivity index (χ1n) is 7.14. The summed E-state index contributed by atoms with van der Waals surface area (Å²) >= 11 is 0. The highest BCUT2D eigenvalue weighted by Crippen LogP contribution is 2.10. The van der Waals surface area contributed by atoms with Gasteiger partial charge in [0.25, 0.3) is 0 Å². The van der Waals surface area contributed by atoms with Gasteiger partial charge >= 0.3 is 0 Å². The molecule has 5 nitrogen and oxygen atoms in total. The van der Waals surface area contributed by atoms with Crippen molar-refractivity contribution in [1.82, 2.24) is 10.0 Å². The van der Waals surface area contributed by atoms with E-state index in [2.05, 4.69) is 17.0 Å². The van der Waals surface area contributed by atoms with Gasteiger partial charge in [0.2, 0.25) is 10.0 Å². The van der Waals surface area contributed by atoms with Crippen molar-refractivity contribution in [3.63, 3.8) is 0 Å². The SMILES string of the molecule is CCCNCc1ccc(S(=O)(=O)NCCS(=O)CC)cc1. The molecule has 0 heterocycles. The Morgan fingerprint density at radius 3 is 2.33 bits per heavy atom. The fraction of sp³-hybridized carbons (Fsp3) is 0.571. The maximum atomic E-state index is 12.0. The van der Waals surface area contributed by atoms with Crippen LogP contribution in [0, 0.1) is 0 Å². The smallest absolute Gasteiger partial charge is 0.240 e. The summed E-state index contributed by atoms with van der Waals surface area (Å²) in [4.78, 5) is 0.240. The van der Waals surface area contributed by atoms with Gasteiger partial charge in [0.05, 0.1) is 4.90 Å². The lowest BCUT2D eigenvalue weighted by molar-refractivity contribution is 0.584. The molecule has 0 saturated heterocycles. The van der Waals surface area contributed by atoms with Gasteiger partial charge in [-0.2, -0.15) is 0 Å². The average Bonchev–Trinajstić information content (AvgIpc) is 2.47. The van der Waals surface area contributed by atoms with Crippen LogP contribution in [0.25, 0.3) is 0 Å². The van der Waals surface area contributed by atoms with Gasteiger partial charge in [0, 0.05) is 35.4 Å². The maximum Gasteiger partial charge on any atom is 0.240 e. The Kier molecular flexibility index (Phi) is 8.10. The van der Waals surface area contributed by atoms with Crippen LogP contribution < -0.4 is 10.0 Å². The third-order valence-electron chi connectivity index (χ3n) is 2.93. The Labute approximate surface area is 130 Å². The van der Waals surface area contributed by atoms with Gasteiger partial charge in [0.1, 0.15) is 0 Å². The van der Waals surface area contributed by atoms with Crippen molar-refractivity contribution in [3.8, 4) is 0 Å². The number of rotatable bonds is 10. The summed E-state index contributed by atoms with van der Waals surface area (Å²) in [6.45, 7) is 5.78. The first kappa shape index (κ1) is 18.3. The molecule has 0 aliphatic heterocycles. The van der Waals surface area contributed by atoms with Crippen LogP contribution in [-0.2, 0) is 27.4 Å². The zero-order valence-electron chi connectivity index (χ0n) is 12.6. The molecule has 1 atom stereocenters. The third kappa shape index (κ3) is 6.69. The van der Waals surface area contributed by atoms with E-state index in [1.54, 1.807) is 24.3 Å². The lowest BCUT2D eigenvalue weighted by atomic mass is 10.2. The molecule has 1 aromatic carbocycles. The molecule has 0 saturated carbocycles. The minimum atomic E-state index is -3.51. The third-order valence-corrected chi connectivity index (χ3v) is 5.71. The first-order chi connectivity index (χ1) is 9.99. The van der Waals surface area contributed by atoms with Crippen LogP contribution in [0.3, 0.4) is 0 Å². The summed E-state index contributed by atoms with van der Waals surface area (Å²) in [6.07, 6.45) is 1.06. The Morgan fingerprint density at radius 2 is 1.76 bits per heavy atom. The molecule has 0 amide bonds. The van der Waals surface area contributed by atoms with Gasteiger partial charge < -0.3 is 5.32 Å². The van der Waals surface area contributed by atoms with Gasteiger partial charge in [-0.15, -0.1) is 0 Å². The minimum Gasteiger partial charge on any atom is -0.313 e. The van der Waals surface area contributed by atoms with E-state index < -0.39 is 20.8 Å². The lowest BCUT2D eigenvalue weighted by Crippen LogP contribution is -2.28. The Hall–Kier alpha value is -0.760. The predicted molar refractivity (Wildman–Crippen MR) is 87.2 cm³/mol. The number of benzene rings is 1. The second kappa shape index (κ2) is 9.30. The molecule has 0 aliphatic rings. The summed E-state index contributed by atoms with van der Waals surface area (Å²) in [5, 5.41) is 3.26. The molecule has 2 N–H and O–H groups in total. The van der Waals surface area contributed by atoms with E-state index in [4.69, 9.17) is 0 Å². The van der Waals surface area contributed by atoms with Crippen molar-refractivity contribution in [2.45, 2.75) is 31.7 Å². The van der Waals surface area contributed by atoms with Gasteiger partial charge in [0.15, 0.2) is 0 Å². The fourth-order valence-electron chi connectivity index (χ4n) is 1.71. The van der Waals surface area contributed by atoms with E-state index in [0.29, 0.717) is 11.5 Å². The number of hydrogen-bond donors (Lipinski definition) is 2. The van der Waals surface area contributed by atoms with Gasteiger partial charge in [-0.05, 0) is 30.7 Å². The molecule has 1 rings (SSSR count). The molecule has 1 unspecified atom stereocenters. The van der Waals surface area contributed by atoms with Crippen molar-refractivity contribution in [3.05, 3.63) is 29.8 Å². The van der Waals surface area contributed by atoms with E-state index in [0.717, 1.165) is 25.1 Å². The molecule has 0 radical (unpaired) electrons. The molecular formula is C14H24N2O3S2. The zero-order valence-corrected chi connectivity index (χ0v) is 14.2. The quantitative estimate of drug-likeness (QED) is 0.632. The summed E-state index contributed by atoms with van der Waals surface area (Å²) in [7, 11) is -4.47. The van der Waals surface area contributed by atoms with Crippen molar-refractivity contribution >= 4 is 20.8 Å². The van der Waals surface area contributed by atoms with Crippen molar-refractivity contribution in [2.75, 3.05) is 24.6 Å². The molecular weight excluding hydrogens is 308 g/mol. The van der Waals surface area contributed by atoms with Crippen molar-refractivity contribution in [2.24, 2.45) is 0 Å². The van der Waals surface area contributed by atoms with Crippen LogP contribution in [0.15, 0.2) is 29.2 Å². The standard InChI is InChI=1S/C14H24N2O3S2/c1-3-9-15-12-13-5-7-14(8-6-13)21(18,19)16-10-11-20(17)4-2/h5-8,15-16H,3-4,9-12H2,1-2H3. The summed E-state index contributed by atoms with van der Waals surface area (Å²) in [6, 6.07) is 6.81. The van der Waals surface area contributed by atoms with Crippen LogP contribution in [0.1, 0.15) is 25.8 Å². The minimum absolute atomic E-state index is 0.197. The topological polar surface area (TPSA) is 75.3 Å². The van der Waals surface area contributed by atoms with E-state index >= 15 is 0 Å². The van der Waals surface area contributed by atoms with Crippen LogP contribution in [-0.4, -0.2) is 37.2 Å². The molecule has 0 bridgehead atoms. The monoisotopic (exact) mass is 332 g/mol. The Balaban J connectivity index is 2.56. The number of hydrogen-bond acceptors (Lipinski definition) is 4. The Bertz CT molecular complexity index is 542. The lowest BCUT2D eigenvalue weighted by Gasteiger charge is -2.08. The molecule has 120 valence electrons. The summed E-state index contributed by atoms with van der Waals surface area (Å²) in [5.74, 6) is 0.885. The van der Waals surface area contributed by atoms with Crippen LogP contribution in [0.5, 0.6) is 0 Å². The van der Waals surface area contributed by atoms with Crippen LogP contribution >= 0.6 is 0 Å². The fourth-order valence-corrected chi connectivity index (χ4v) is 3.49. The van der Waals surface area contributed by atoms with E-state index in [1.165, 1.54) is 0 Å². The van der Waals surface area contributed by atoms with E-state index in [1.807, 2.05) is 6.92 Å². The van der Waals surface area contributed by atoms with E-state index in [-0.39, 0.29) is 11.4 Å². The van der Waals surface area contributed by atoms with Gasteiger partial charge in [-0.3, -0.25) is 4.21 Å². The first-order valence-corrected chi connectivity index (χ1v) is 10.1. The van der Waals surface area contributed by atoms with Crippen LogP contribution in [0.2, 0.25) is 0 Å². The van der Waals surface area contributed by atoms with E-state index in [9.17, 15) is 12.6 Å². The predicted octanol–water partition coefficient (Wildman–Crippen LogP) is 1.23. The molecule has 21 heavy (non-hydrogen) atoms. The molecule has 1 aromatic rings. The largest absolute Gasteiger partial charge is 0.313 e. The average molecular weight is 332 g/mol. The highest BCUT2D eigenvalue weighted by molar-refractivity contribution is 7.89. The molecule has 0 aliphatic carbocycles. The molecule has 0 spiro atoms. The second-order valence-corrected chi connectivity index (χ2v) is 8.28. The normalized spacial score (nSPS) is 13.2. The van der Waals surface area contributed by atoms with Crippen LogP contribution in [0.4, 0.5) is 0 Å². The molecule has 7 heteroatoms. The highest BCUT2D eigenvalue weighted by Gasteiger charge is 2.13. The van der Waals surface area contributed by atoms with Gasteiger partial charge in [-0.1, -0.05) is 26.0 Å². The summed E-state index contributed by atoms with van der Waals surface area (Å²) < 4.78 is 37.8. The Morgan fingerprint density at radius 1 is 1.10 bits per heavy atom. The summed E-state index contributed by atoms with van der Waals surface area (Å²) in [5.41, 5.74) is 1.05. The number of sulfonamides is 1.